The number of rotatable bonds is 5. The lowest BCUT2D eigenvalue weighted by molar-refractivity contribution is 0.413. The fourth-order valence-electron chi connectivity index (χ4n) is 2.44. The number of allylic oxidation sites excluding steroid dienone is 1. The Morgan fingerprint density at radius 3 is 2.71 bits per heavy atom. The van der Waals surface area contributed by atoms with Gasteiger partial charge in [0.15, 0.2) is 0 Å². The average molecular weight is 229 g/mol. The molecule has 0 bridgehead atoms. The lowest BCUT2D eigenvalue weighted by Gasteiger charge is -2.28. The van der Waals surface area contributed by atoms with Crippen LogP contribution in [0.3, 0.4) is 0 Å². The van der Waals surface area contributed by atoms with Gasteiger partial charge in [0.05, 0.1) is 0 Å². The van der Waals surface area contributed by atoms with Crippen LogP contribution in [0.4, 0.5) is 0 Å². The minimum atomic E-state index is 0.244. The Labute approximate surface area is 105 Å². The van der Waals surface area contributed by atoms with E-state index in [1.165, 1.54) is 29.7 Å². The predicted octanol–water partition coefficient (Wildman–Crippen LogP) is 4.44. The lowest BCUT2D eigenvalue weighted by Crippen LogP contribution is -2.20. The van der Waals surface area contributed by atoms with Crippen LogP contribution >= 0.6 is 0 Å². The predicted molar refractivity (Wildman–Crippen MR) is 75.9 cm³/mol. The van der Waals surface area contributed by atoms with Gasteiger partial charge in [0.25, 0.3) is 0 Å². The maximum atomic E-state index is 5.30. The van der Waals surface area contributed by atoms with E-state index < -0.39 is 0 Å². The minimum Gasteiger partial charge on any atom is -0.364 e. The summed E-state index contributed by atoms with van der Waals surface area (Å²) in [6, 6.07) is 0. The van der Waals surface area contributed by atoms with E-state index in [1.54, 1.807) is 6.08 Å². The molecule has 1 nitrogen and oxygen atoms in total. The summed E-state index contributed by atoms with van der Waals surface area (Å²) in [7, 11) is 0. The summed E-state index contributed by atoms with van der Waals surface area (Å²) in [6.07, 6.45) is 14.8. The molecule has 0 fully saturated rings. The second kappa shape index (κ2) is 5.77. The molecule has 1 aromatic rings. The molecular formula is C16H23N. The van der Waals surface area contributed by atoms with Crippen molar-refractivity contribution < 1.29 is 0 Å². The second-order valence-electron chi connectivity index (χ2n) is 4.91. The van der Waals surface area contributed by atoms with Crippen molar-refractivity contribution in [3.05, 3.63) is 29.1 Å². The molecule has 1 atom stereocenters. The number of hydrogen-bond acceptors (Lipinski definition) is 0. The summed E-state index contributed by atoms with van der Waals surface area (Å²) in [5.41, 5.74) is 4.10. The van der Waals surface area contributed by atoms with Crippen LogP contribution in [0.2, 0.25) is 0 Å². The molecule has 0 aliphatic rings. The molecule has 0 aliphatic heterocycles. The van der Waals surface area contributed by atoms with E-state index in [2.05, 4.69) is 44.8 Å². The van der Waals surface area contributed by atoms with Crippen molar-refractivity contribution in [2.45, 2.75) is 52.4 Å². The topological polar surface area (TPSA) is 15.8 Å². The highest BCUT2D eigenvalue weighted by Gasteiger charge is 2.27. The number of aryl methyl sites for hydroxylation is 1. The molecule has 92 valence electrons. The molecule has 17 heavy (non-hydrogen) atoms. The van der Waals surface area contributed by atoms with Gasteiger partial charge in [0.2, 0.25) is 0 Å². The van der Waals surface area contributed by atoms with Gasteiger partial charge in [0, 0.05) is 11.9 Å². The van der Waals surface area contributed by atoms with E-state index in [1.807, 2.05) is 6.08 Å². The first-order valence-electron chi connectivity index (χ1n) is 6.40. The van der Waals surface area contributed by atoms with E-state index in [4.69, 9.17) is 6.42 Å². The van der Waals surface area contributed by atoms with E-state index in [9.17, 15) is 0 Å². The molecule has 1 aromatic heterocycles. The molecule has 1 heteroatoms. The summed E-state index contributed by atoms with van der Waals surface area (Å²) in [5.74, 6) is 2.57. The van der Waals surface area contributed by atoms with Gasteiger partial charge in [0.1, 0.15) is 0 Å². The SMILES string of the molecule is C#C/C=C\c1c(C(C)(CC)CCC)c[nH]c1C. The van der Waals surface area contributed by atoms with Gasteiger partial charge in [-0.25, -0.2) is 0 Å². The van der Waals surface area contributed by atoms with Gasteiger partial charge in [-0.05, 0) is 48.5 Å². The zero-order chi connectivity index (χ0) is 12.9. The van der Waals surface area contributed by atoms with Gasteiger partial charge in [-0.1, -0.05) is 33.1 Å². The Morgan fingerprint density at radius 2 is 2.18 bits per heavy atom. The molecule has 0 amide bonds. The van der Waals surface area contributed by atoms with Crippen LogP contribution in [0, 0.1) is 19.3 Å². The van der Waals surface area contributed by atoms with Crippen molar-refractivity contribution in [1.29, 1.82) is 0 Å². The van der Waals surface area contributed by atoms with Crippen molar-refractivity contribution in [3.8, 4) is 12.3 Å². The second-order valence-corrected chi connectivity index (χ2v) is 4.91. The summed E-state index contributed by atoms with van der Waals surface area (Å²) >= 11 is 0. The maximum Gasteiger partial charge on any atom is 0.0192 e. The smallest absolute Gasteiger partial charge is 0.0192 e. The highest BCUT2D eigenvalue weighted by atomic mass is 14.7. The quantitative estimate of drug-likeness (QED) is 0.719. The molecule has 0 saturated carbocycles. The number of aromatic amines is 1. The molecule has 0 saturated heterocycles. The zero-order valence-corrected chi connectivity index (χ0v) is 11.4. The van der Waals surface area contributed by atoms with Gasteiger partial charge in [-0.3, -0.25) is 0 Å². The van der Waals surface area contributed by atoms with Crippen LogP contribution < -0.4 is 0 Å². The molecule has 1 heterocycles. The molecule has 1 unspecified atom stereocenters. The monoisotopic (exact) mass is 229 g/mol. The molecule has 0 spiro atoms. The van der Waals surface area contributed by atoms with Crippen molar-refractivity contribution >= 4 is 6.08 Å². The maximum absolute atomic E-state index is 5.30. The van der Waals surface area contributed by atoms with Crippen molar-refractivity contribution in [3.63, 3.8) is 0 Å². The summed E-state index contributed by atoms with van der Waals surface area (Å²) in [4.78, 5) is 3.32. The number of aromatic nitrogens is 1. The van der Waals surface area contributed by atoms with E-state index in [0.717, 1.165) is 6.42 Å². The Balaban J connectivity index is 3.21. The van der Waals surface area contributed by atoms with E-state index in [0.29, 0.717) is 0 Å². The minimum absolute atomic E-state index is 0.244. The van der Waals surface area contributed by atoms with Gasteiger partial charge in [-0.15, -0.1) is 6.42 Å². The Kier molecular flexibility index (Phi) is 4.63. The highest BCUT2D eigenvalue weighted by molar-refractivity contribution is 5.60. The van der Waals surface area contributed by atoms with Gasteiger partial charge >= 0.3 is 0 Å². The normalized spacial score (nSPS) is 14.8. The molecular weight excluding hydrogens is 206 g/mol. The average Bonchev–Trinajstić information content (AvgIpc) is 2.69. The van der Waals surface area contributed by atoms with Crippen molar-refractivity contribution in [2.24, 2.45) is 0 Å². The van der Waals surface area contributed by atoms with Crippen molar-refractivity contribution in [1.82, 2.24) is 4.98 Å². The molecule has 1 rings (SSSR count). The van der Waals surface area contributed by atoms with E-state index in [-0.39, 0.29) is 5.41 Å². The van der Waals surface area contributed by atoms with Crippen LogP contribution in [-0.2, 0) is 5.41 Å². The summed E-state index contributed by atoms with van der Waals surface area (Å²) in [5, 5.41) is 0. The fraction of sp³-hybridized carbons (Fsp3) is 0.500. The third kappa shape index (κ3) is 2.82. The number of nitrogens with one attached hydrogen (secondary N) is 1. The summed E-state index contributed by atoms with van der Waals surface area (Å²) in [6.45, 7) is 8.94. The van der Waals surface area contributed by atoms with Crippen molar-refractivity contribution in [2.75, 3.05) is 0 Å². The Hall–Kier alpha value is -1.42. The molecule has 1 N–H and O–H groups in total. The fourth-order valence-corrected chi connectivity index (χ4v) is 2.44. The van der Waals surface area contributed by atoms with Crippen LogP contribution in [0.15, 0.2) is 12.3 Å². The lowest BCUT2D eigenvalue weighted by atomic mass is 9.76. The largest absolute Gasteiger partial charge is 0.364 e. The highest BCUT2D eigenvalue weighted by Crippen LogP contribution is 2.36. The standard InChI is InChI=1S/C16H23N/c1-6-9-10-14-13(4)17-12-15(14)16(5,8-3)11-7-2/h1,9-10,12,17H,7-8,11H2,2-5H3/b10-9-. The Morgan fingerprint density at radius 1 is 1.47 bits per heavy atom. The van der Waals surface area contributed by atoms with Crippen LogP contribution in [0.1, 0.15) is 56.9 Å². The summed E-state index contributed by atoms with van der Waals surface area (Å²) < 4.78 is 0. The molecule has 0 aromatic carbocycles. The first-order chi connectivity index (χ1) is 8.09. The first kappa shape index (κ1) is 13.6. The third-order valence-electron chi connectivity index (χ3n) is 3.71. The number of terminal acetylenes is 1. The van der Waals surface area contributed by atoms with Crippen LogP contribution in [-0.4, -0.2) is 4.98 Å². The zero-order valence-electron chi connectivity index (χ0n) is 11.4. The number of H-pyrrole nitrogens is 1. The molecule has 0 radical (unpaired) electrons. The third-order valence-corrected chi connectivity index (χ3v) is 3.71. The van der Waals surface area contributed by atoms with Gasteiger partial charge in [-0.2, -0.15) is 0 Å². The number of hydrogen-bond donors (Lipinski definition) is 1. The molecule has 0 aliphatic carbocycles. The van der Waals surface area contributed by atoms with Crippen LogP contribution in [0.5, 0.6) is 0 Å². The van der Waals surface area contributed by atoms with E-state index >= 15 is 0 Å². The van der Waals surface area contributed by atoms with Crippen LogP contribution in [0.25, 0.3) is 6.08 Å². The van der Waals surface area contributed by atoms with Gasteiger partial charge < -0.3 is 4.98 Å². The Bertz CT molecular complexity index is 431. The first-order valence-corrected chi connectivity index (χ1v) is 6.40.